The first-order valence-electron chi connectivity index (χ1n) is 8.36. The molecule has 26 heavy (non-hydrogen) atoms. The van der Waals surface area contributed by atoms with E-state index >= 15 is 0 Å². The van der Waals surface area contributed by atoms with Gasteiger partial charge in [0.25, 0.3) is 5.91 Å². The number of nitrogens with one attached hydrogen (secondary N) is 1. The lowest BCUT2D eigenvalue weighted by Gasteiger charge is -2.44. The Morgan fingerprint density at radius 3 is 2.58 bits per heavy atom. The van der Waals surface area contributed by atoms with Gasteiger partial charge in [-0.3, -0.25) is 4.79 Å². The van der Waals surface area contributed by atoms with Crippen LogP contribution in [0.4, 0.5) is 5.13 Å². The Bertz CT molecular complexity index is 843. The van der Waals surface area contributed by atoms with E-state index in [4.69, 9.17) is 16.7 Å². The van der Waals surface area contributed by atoms with Gasteiger partial charge < -0.3 is 19.9 Å². The van der Waals surface area contributed by atoms with Crippen molar-refractivity contribution in [2.75, 3.05) is 24.5 Å². The minimum atomic E-state index is -0.963. The number of nitrogens with zero attached hydrogens (tertiary/aromatic N) is 4. The zero-order valence-electron chi connectivity index (χ0n) is 14.7. The number of H-pyrrole nitrogens is 1. The van der Waals surface area contributed by atoms with E-state index in [0.717, 1.165) is 17.0 Å². The molecule has 2 aromatic rings. The molecular formula is C16H20ClN5O3S. The van der Waals surface area contributed by atoms with E-state index < -0.39 is 5.97 Å². The molecule has 140 valence electrons. The number of hydrogen-bond acceptors (Lipinski definition) is 6. The van der Waals surface area contributed by atoms with E-state index in [1.807, 2.05) is 18.7 Å². The summed E-state index contributed by atoms with van der Waals surface area (Å²) < 4.78 is 0. The average Bonchev–Trinajstić information content (AvgIpc) is 3.12. The predicted molar refractivity (Wildman–Crippen MR) is 99.5 cm³/mol. The number of imidazole rings is 1. The summed E-state index contributed by atoms with van der Waals surface area (Å²) in [5.41, 5.74) is 1.27. The molecule has 8 nitrogen and oxygen atoms in total. The standard InChI is InChI=1S/C16H20ClN5O3S/c1-4-10-12(17)20-13(19-10)14(23)22(5-2)9-6-21(7-9)16-18-8(3)11(26-16)15(24)25/h9H,4-7H2,1-3H3,(H,19,20)(H,24,25). The monoisotopic (exact) mass is 397 g/mol. The maximum atomic E-state index is 12.7. The number of aromatic nitrogens is 3. The number of rotatable bonds is 6. The highest BCUT2D eigenvalue weighted by Gasteiger charge is 2.37. The number of likely N-dealkylation sites (N-methyl/N-ethyl adjacent to an activating group) is 1. The Balaban J connectivity index is 1.68. The van der Waals surface area contributed by atoms with Gasteiger partial charge in [-0.1, -0.05) is 29.9 Å². The summed E-state index contributed by atoms with van der Waals surface area (Å²) in [4.78, 5) is 39.3. The quantitative estimate of drug-likeness (QED) is 0.776. The maximum Gasteiger partial charge on any atom is 0.347 e. The molecule has 1 aliphatic rings. The number of aromatic amines is 1. The van der Waals surface area contributed by atoms with Crippen LogP contribution in [-0.4, -0.2) is 62.5 Å². The molecule has 3 rings (SSSR count). The average molecular weight is 398 g/mol. The number of halogens is 1. The van der Waals surface area contributed by atoms with E-state index in [9.17, 15) is 9.59 Å². The number of carbonyl (C=O) groups is 2. The van der Waals surface area contributed by atoms with E-state index in [0.29, 0.717) is 42.0 Å². The van der Waals surface area contributed by atoms with Crippen molar-refractivity contribution in [3.8, 4) is 0 Å². The Kier molecular flexibility index (Phi) is 5.19. The first-order valence-corrected chi connectivity index (χ1v) is 9.56. The predicted octanol–water partition coefficient (Wildman–Crippen LogP) is 2.44. The third-order valence-corrected chi connectivity index (χ3v) is 5.96. The second kappa shape index (κ2) is 7.24. The third kappa shape index (κ3) is 3.28. The normalized spacial score (nSPS) is 14.4. The number of carbonyl (C=O) groups excluding carboxylic acids is 1. The topological polar surface area (TPSA) is 102 Å². The number of anilines is 1. The molecule has 1 aliphatic heterocycles. The fourth-order valence-electron chi connectivity index (χ4n) is 2.95. The second-order valence-corrected chi connectivity index (χ2v) is 7.41. The second-order valence-electron chi connectivity index (χ2n) is 6.07. The fourth-order valence-corrected chi connectivity index (χ4v) is 4.14. The lowest BCUT2D eigenvalue weighted by Crippen LogP contribution is -2.61. The zero-order chi connectivity index (χ0) is 19.0. The highest BCUT2D eigenvalue weighted by atomic mass is 35.5. The van der Waals surface area contributed by atoms with Crippen LogP contribution in [-0.2, 0) is 6.42 Å². The number of carboxylic acid groups (broad SMARTS) is 1. The van der Waals surface area contributed by atoms with Crippen molar-refractivity contribution in [1.82, 2.24) is 19.9 Å². The summed E-state index contributed by atoms with van der Waals surface area (Å²) in [6, 6.07) is 0.0268. The molecule has 10 heteroatoms. The molecule has 0 unspecified atom stereocenters. The summed E-state index contributed by atoms with van der Waals surface area (Å²) in [5.74, 6) is -0.888. The van der Waals surface area contributed by atoms with E-state index in [1.165, 1.54) is 0 Å². The largest absolute Gasteiger partial charge is 0.477 e. The molecule has 0 spiro atoms. The number of amides is 1. The van der Waals surface area contributed by atoms with Gasteiger partial charge in [-0.2, -0.15) is 0 Å². The number of aryl methyl sites for hydroxylation is 2. The van der Waals surface area contributed by atoms with Gasteiger partial charge in [-0.25, -0.2) is 14.8 Å². The molecule has 0 atom stereocenters. The summed E-state index contributed by atoms with van der Waals surface area (Å²) in [6.07, 6.45) is 0.678. The van der Waals surface area contributed by atoms with Crippen molar-refractivity contribution in [1.29, 1.82) is 0 Å². The number of carboxylic acids is 1. The summed E-state index contributed by atoms with van der Waals surface area (Å²) >= 11 is 7.20. The highest BCUT2D eigenvalue weighted by molar-refractivity contribution is 7.17. The smallest absolute Gasteiger partial charge is 0.347 e. The van der Waals surface area contributed by atoms with Crippen LogP contribution in [0.3, 0.4) is 0 Å². The van der Waals surface area contributed by atoms with Gasteiger partial charge in [0, 0.05) is 19.6 Å². The molecule has 2 N–H and O–H groups in total. The lowest BCUT2D eigenvalue weighted by atomic mass is 10.1. The molecule has 2 aromatic heterocycles. The molecule has 0 aromatic carbocycles. The zero-order valence-corrected chi connectivity index (χ0v) is 16.3. The first-order chi connectivity index (χ1) is 12.3. The SMILES string of the molecule is CCc1[nH]c(C(=O)N(CC)C2CN(c3nc(C)c(C(=O)O)s3)C2)nc1Cl. The number of thiazole rings is 1. The van der Waals surface area contributed by atoms with Crippen LogP contribution in [0.1, 0.15) is 45.5 Å². The van der Waals surface area contributed by atoms with Crippen LogP contribution in [0, 0.1) is 6.92 Å². The van der Waals surface area contributed by atoms with Crippen LogP contribution in [0.15, 0.2) is 0 Å². The highest BCUT2D eigenvalue weighted by Crippen LogP contribution is 2.31. The van der Waals surface area contributed by atoms with Crippen LogP contribution >= 0.6 is 22.9 Å². The molecule has 0 aliphatic carbocycles. The number of hydrogen-bond donors (Lipinski definition) is 2. The summed E-state index contributed by atoms with van der Waals surface area (Å²) in [5, 5.41) is 10.2. The first kappa shape index (κ1) is 18.7. The lowest BCUT2D eigenvalue weighted by molar-refractivity contribution is 0.0645. The molecule has 1 saturated heterocycles. The maximum absolute atomic E-state index is 12.7. The van der Waals surface area contributed by atoms with E-state index in [-0.39, 0.29) is 22.7 Å². The molecule has 3 heterocycles. The van der Waals surface area contributed by atoms with Crippen LogP contribution in [0.5, 0.6) is 0 Å². The molecular weight excluding hydrogens is 378 g/mol. The van der Waals surface area contributed by atoms with Gasteiger partial charge in [0.2, 0.25) is 0 Å². The molecule has 1 fully saturated rings. The van der Waals surface area contributed by atoms with Gasteiger partial charge in [0.15, 0.2) is 16.1 Å². The van der Waals surface area contributed by atoms with E-state index in [1.54, 1.807) is 11.8 Å². The van der Waals surface area contributed by atoms with Crippen LogP contribution in [0.2, 0.25) is 5.15 Å². The van der Waals surface area contributed by atoms with Gasteiger partial charge in [0.05, 0.1) is 17.4 Å². The third-order valence-electron chi connectivity index (χ3n) is 4.44. The molecule has 0 radical (unpaired) electrons. The molecule has 1 amide bonds. The van der Waals surface area contributed by atoms with Crippen molar-refractivity contribution in [3.63, 3.8) is 0 Å². The fraction of sp³-hybridized carbons (Fsp3) is 0.500. The molecule has 0 saturated carbocycles. The van der Waals surface area contributed by atoms with E-state index in [2.05, 4.69) is 15.0 Å². The van der Waals surface area contributed by atoms with Gasteiger partial charge in [-0.15, -0.1) is 0 Å². The Morgan fingerprint density at radius 1 is 1.38 bits per heavy atom. The van der Waals surface area contributed by atoms with Gasteiger partial charge >= 0.3 is 5.97 Å². The Labute approximate surface area is 159 Å². The van der Waals surface area contributed by atoms with Gasteiger partial charge in [-0.05, 0) is 20.3 Å². The van der Waals surface area contributed by atoms with Crippen molar-refractivity contribution in [3.05, 3.63) is 27.2 Å². The Morgan fingerprint density at radius 2 is 2.08 bits per heavy atom. The van der Waals surface area contributed by atoms with Crippen molar-refractivity contribution >= 4 is 39.9 Å². The summed E-state index contributed by atoms with van der Waals surface area (Å²) in [6.45, 7) is 7.32. The van der Waals surface area contributed by atoms with Crippen LogP contribution in [0.25, 0.3) is 0 Å². The Hall–Kier alpha value is -2.13. The van der Waals surface area contributed by atoms with Crippen LogP contribution < -0.4 is 4.90 Å². The minimum Gasteiger partial charge on any atom is -0.477 e. The summed E-state index contributed by atoms with van der Waals surface area (Å²) in [7, 11) is 0. The van der Waals surface area contributed by atoms with Crippen molar-refractivity contribution < 1.29 is 14.7 Å². The van der Waals surface area contributed by atoms with Crippen molar-refractivity contribution in [2.45, 2.75) is 33.2 Å². The number of aromatic carboxylic acids is 1. The van der Waals surface area contributed by atoms with Crippen molar-refractivity contribution in [2.24, 2.45) is 0 Å². The molecule has 0 bridgehead atoms. The van der Waals surface area contributed by atoms with Gasteiger partial charge in [0.1, 0.15) is 4.88 Å². The minimum absolute atomic E-state index is 0.0268.